The maximum atomic E-state index is 4.11. The number of hydrogen-bond donors (Lipinski definition) is 0. The van der Waals surface area contributed by atoms with Gasteiger partial charge < -0.3 is 0 Å². The van der Waals surface area contributed by atoms with Crippen LogP contribution >= 0.6 is 0 Å². The van der Waals surface area contributed by atoms with Crippen LogP contribution in [-0.4, -0.2) is 10.2 Å². The van der Waals surface area contributed by atoms with Gasteiger partial charge in [0.1, 0.15) is 0 Å². The van der Waals surface area contributed by atoms with Gasteiger partial charge in [-0.05, 0) is 38.3 Å². The Balaban J connectivity index is 3.14. The van der Waals surface area contributed by atoms with E-state index in [0.29, 0.717) is 0 Å². The predicted molar refractivity (Wildman–Crippen MR) is 50.2 cm³/mol. The van der Waals surface area contributed by atoms with Crippen LogP contribution in [0.1, 0.15) is 35.9 Å². The fourth-order valence-corrected chi connectivity index (χ4v) is 1.39. The lowest BCUT2D eigenvalue weighted by molar-refractivity contribution is 0.835. The normalized spacial score (nSPS) is 10.3. The first-order valence-corrected chi connectivity index (χ1v) is 4.46. The Morgan fingerprint density at radius 2 is 1.58 bits per heavy atom. The number of rotatable bonds is 2. The van der Waals surface area contributed by atoms with Gasteiger partial charge in [-0.1, -0.05) is 13.3 Å². The summed E-state index contributed by atoms with van der Waals surface area (Å²) in [5, 5.41) is 8.18. The van der Waals surface area contributed by atoms with Gasteiger partial charge in [-0.25, -0.2) is 0 Å². The summed E-state index contributed by atoms with van der Waals surface area (Å²) in [6.45, 7) is 8.36. The van der Waals surface area contributed by atoms with Gasteiger partial charge in [-0.15, -0.1) is 0 Å². The lowest BCUT2D eigenvalue weighted by atomic mass is 10.0. The minimum Gasteiger partial charge on any atom is -0.155 e. The number of nitrogens with zero attached hydrogens (tertiary/aromatic N) is 2. The topological polar surface area (TPSA) is 25.8 Å². The van der Waals surface area contributed by atoms with Crippen molar-refractivity contribution in [2.45, 2.75) is 40.5 Å². The van der Waals surface area contributed by atoms with Crippen LogP contribution in [0.5, 0.6) is 0 Å². The van der Waals surface area contributed by atoms with Gasteiger partial charge in [0.15, 0.2) is 0 Å². The molecule has 1 aromatic heterocycles. The van der Waals surface area contributed by atoms with E-state index < -0.39 is 0 Å². The van der Waals surface area contributed by atoms with Crippen molar-refractivity contribution in [3.63, 3.8) is 0 Å². The van der Waals surface area contributed by atoms with Crippen LogP contribution in [0.4, 0.5) is 0 Å². The summed E-state index contributed by atoms with van der Waals surface area (Å²) in [7, 11) is 0. The molecule has 1 heterocycles. The second kappa shape index (κ2) is 3.65. The summed E-state index contributed by atoms with van der Waals surface area (Å²) < 4.78 is 0. The van der Waals surface area contributed by atoms with Crippen molar-refractivity contribution in [2.75, 3.05) is 0 Å². The van der Waals surface area contributed by atoms with Crippen LogP contribution in [0.2, 0.25) is 0 Å². The van der Waals surface area contributed by atoms with Crippen LogP contribution in [0.15, 0.2) is 0 Å². The number of aryl methyl sites for hydroxylation is 2. The highest BCUT2D eigenvalue weighted by Crippen LogP contribution is 2.14. The molecule has 0 aliphatic heterocycles. The molecule has 2 nitrogen and oxygen atoms in total. The summed E-state index contributed by atoms with van der Waals surface area (Å²) in [4.78, 5) is 0. The fraction of sp³-hybridized carbons (Fsp3) is 0.600. The molecule has 66 valence electrons. The highest BCUT2D eigenvalue weighted by Gasteiger charge is 2.05. The lowest BCUT2D eigenvalue weighted by Crippen LogP contribution is -2.02. The first-order chi connectivity index (χ1) is 5.66. The van der Waals surface area contributed by atoms with Crippen molar-refractivity contribution in [1.29, 1.82) is 0 Å². The zero-order chi connectivity index (χ0) is 9.14. The molecule has 0 spiro atoms. The van der Waals surface area contributed by atoms with Gasteiger partial charge in [-0.2, -0.15) is 10.2 Å². The van der Waals surface area contributed by atoms with Crippen molar-refractivity contribution in [2.24, 2.45) is 0 Å². The SMILES string of the molecule is CCCc1c(C)nnc(C)c1C. The standard InChI is InChI=1S/C10H16N2/c1-5-6-10-7(2)8(3)11-12-9(10)4/h5-6H2,1-4H3. The average Bonchev–Trinajstić information content (AvgIpc) is 2.06. The monoisotopic (exact) mass is 164 g/mol. The van der Waals surface area contributed by atoms with Gasteiger partial charge in [0, 0.05) is 0 Å². The van der Waals surface area contributed by atoms with Crippen LogP contribution < -0.4 is 0 Å². The van der Waals surface area contributed by atoms with E-state index in [2.05, 4.69) is 24.0 Å². The number of aromatic nitrogens is 2. The van der Waals surface area contributed by atoms with Crippen molar-refractivity contribution >= 4 is 0 Å². The number of hydrogen-bond acceptors (Lipinski definition) is 2. The summed E-state index contributed by atoms with van der Waals surface area (Å²) in [5.41, 5.74) is 4.83. The molecule has 0 aliphatic rings. The van der Waals surface area contributed by atoms with Crippen molar-refractivity contribution in [1.82, 2.24) is 10.2 Å². The average molecular weight is 164 g/mol. The Morgan fingerprint density at radius 3 is 2.17 bits per heavy atom. The van der Waals surface area contributed by atoms with Crippen LogP contribution in [0.3, 0.4) is 0 Å². The van der Waals surface area contributed by atoms with E-state index in [9.17, 15) is 0 Å². The summed E-state index contributed by atoms with van der Waals surface area (Å²) in [6.07, 6.45) is 2.29. The molecule has 1 aromatic rings. The zero-order valence-electron chi connectivity index (χ0n) is 8.31. The highest BCUT2D eigenvalue weighted by atomic mass is 15.1. The van der Waals surface area contributed by atoms with E-state index in [1.165, 1.54) is 17.5 Å². The van der Waals surface area contributed by atoms with E-state index in [1.807, 2.05) is 13.8 Å². The molecular weight excluding hydrogens is 148 g/mol. The summed E-state index contributed by atoms with van der Waals surface area (Å²) in [5.74, 6) is 0. The summed E-state index contributed by atoms with van der Waals surface area (Å²) in [6, 6.07) is 0. The third-order valence-electron chi connectivity index (χ3n) is 2.28. The molecule has 12 heavy (non-hydrogen) atoms. The third kappa shape index (κ3) is 1.63. The molecule has 2 heteroatoms. The van der Waals surface area contributed by atoms with Gasteiger partial charge in [0.05, 0.1) is 11.4 Å². The maximum Gasteiger partial charge on any atom is 0.0634 e. The maximum absolute atomic E-state index is 4.11. The molecule has 0 amide bonds. The van der Waals surface area contributed by atoms with Gasteiger partial charge in [0.25, 0.3) is 0 Å². The minimum absolute atomic E-state index is 1.06. The van der Waals surface area contributed by atoms with Crippen molar-refractivity contribution in [3.05, 3.63) is 22.5 Å². The molecule has 0 atom stereocenters. The first-order valence-electron chi connectivity index (χ1n) is 4.46. The lowest BCUT2D eigenvalue weighted by Gasteiger charge is -2.08. The highest BCUT2D eigenvalue weighted by molar-refractivity contribution is 5.30. The molecule has 0 aliphatic carbocycles. The van der Waals surface area contributed by atoms with Gasteiger partial charge in [-0.3, -0.25) is 0 Å². The molecule has 1 rings (SSSR count). The smallest absolute Gasteiger partial charge is 0.0634 e. The Bertz CT molecular complexity index is 279. The van der Waals surface area contributed by atoms with E-state index >= 15 is 0 Å². The van der Waals surface area contributed by atoms with Crippen LogP contribution in [-0.2, 0) is 6.42 Å². The molecule has 0 saturated heterocycles. The first kappa shape index (κ1) is 9.17. The van der Waals surface area contributed by atoms with Gasteiger partial charge in [0.2, 0.25) is 0 Å². The van der Waals surface area contributed by atoms with Crippen LogP contribution in [0.25, 0.3) is 0 Å². The minimum atomic E-state index is 1.06. The molecule has 0 aromatic carbocycles. The third-order valence-corrected chi connectivity index (χ3v) is 2.28. The quantitative estimate of drug-likeness (QED) is 0.670. The van der Waals surface area contributed by atoms with Crippen molar-refractivity contribution in [3.8, 4) is 0 Å². The fourth-order valence-electron chi connectivity index (χ4n) is 1.39. The summed E-state index contributed by atoms with van der Waals surface area (Å²) >= 11 is 0. The Hall–Kier alpha value is -0.920. The Kier molecular flexibility index (Phi) is 2.79. The predicted octanol–water partition coefficient (Wildman–Crippen LogP) is 2.35. The zero-order valence-corrected chi connectivity index (χ0v) is 8.31. The van der Waals surface area contributed by atoms with E-state index in [-0.39, 0.29) is 0 Å². The molecule has 0 radical (unpaired) electrons. The molecule has 0 fully saturated rings. The van der Waals surface area contributed by atoms with Gasteiger partial charge >= 0.3 is 0 Å². The Morgan fingerprint density at radius 1 is 1.00 bits per heavy atom. The van der Waals surface area contributed by atoms with Crippen molar-refractivity contribution < 1.29 is 0 Å². The van der Waals surface area contributed by atoms with E-state index in [0.717, 1.165) is 17.8 Å². The molecule has 0 bridgehead atoms. The Labute approximate surface area is 74.0 Å². The molecule has 0 N–H and O–H groups in total. The molecule has 0 unspecified atom stereocenters. The van der Waals surface area contributed by atoms with E-state index in [1.54, 1.807) is 0 Å². The molecular formula is C10H16N2. The van der Waals surface area contributed by atoms with E-state index in [4.69, 9.17) is 0 Å². The molecule has 0 saturated carbocycles. The van der Waals surface area contributed by atoms with Crippen LogP contribution in [0, 0.1) is 20.8 Å². The second-order valence-corrected chi connectivity index (χ2v) is 3.22. The second-order valence-electron chi connectivity index (χ2n) is 3.22. The largest absolute Gasteiger partial charge is 0.155 e.